The first kappa shape index (κ1) is 24.0. The summed E-state index contributed by atoms with van der Waals surface area (Å²) >= 11 is 6.28. The normalized spacial score (nSPS) is 34.2. The van der Waals surface area contributed by atoms with Gasteiger partial charge in [0.1, 0.15) is 11.6 Å². The Kier molecular flexibility index (Phi) is 6.22. The number of benzene rings is 1. The zero-order valence-electron chi connectivity index (χ0n) is 19.4. The highest BCUT2D eigenvalue weighted by Gasteiger charge is 2.78. The highest BCUT2D eigenvalue weighted by molar-refractivity contribution is 6.33. The van der Waals surface area contributed by atoms with Gasteiger partial charge in [-0.05, 0) is 37.8 Å². The molecule has 3 N–H and O–H groups in total. The molecule has 2 bridgehead atoms. The predicted octanol–water partition coefficient (Wildman–Crippen LogP) is 2.20. The standard InChI is InChI=1S/C24H32ClN3O5/c1-5-13(2)16(12-29)28-19(21(31)27-15-9-7-6-8-14(15)25)24-11-10-23(3,33-24)17(20(30)26-4)18(24)22(28)32/h6-9,13,16-19,29H,5,10-12H2,1-4H3,(H,26,30)(H,27,31)/t13-,16-,17-,18-,19?,23+,24?/m0/s1. The molecule has 1 aromatic rings. The van der Waals surface area contributed by atoms with Gasteiger partial charge >= 0.3 is 0 Å². The number of aliphatic hydroxyl groups excluding tert-OH is 1. The van der Waals surface area contributed by atoms with Gasteiger partial charge in [0.05, 0.1) is 40.8 Å². The van der Waals surface area contributed by atoms with Gasteiger partial charge in [-0.15, -0.1) is 0 Å². The zero-order chi connectivity index (χ0) is 24.1. The molecular formula is C24H32ClN3O5. The molecule has 33 heavy (non-hydrogen) atoms. The number of hydrogen-bond donors (Lipinski definition) is 3. The summed E-state index contributed by atoms with van der Waals surface area (Å²) in [5, 5.41) is 16.2. The molecule has 7 atom stereocenters. The molecule has 3 fully saturated rings. The van der Waals surface area contributed by atoms with Crippen molar-refractivity contribution in [2.24, 2.45) is 17.8 Å². The van der Waals surface area contributed by atoms with Crippen molar-refractivity contribution in [2.45, 2.75) is 63.3 Å². The molecule has 0 radical (unpaired) electrons. The van der Waals surface area contributed by atoms with Gasteiger partial charge in [0.15, 0.2) is 0 Å². The number of aliphatic hydroxyl groups is 1. The van der Waals surface area contributed by atoms with Crippen LogP contribution >= 0.6 is 11.6 Å². The minimum atomic E-state index is -1.14. The fourth-order valence-electron chi connectivity index (χ4n) is 6.15. The third-order valence-electron chi connectivity index (χ3n) is 7.97. The van der Waals surface area contributed by atoms with Crippen molar-refractivity contribution in [3.05, 3.63) is 29.3 Å². The molecule has 1 spiro atoms. The van der Waals surface area contributed by atoms with Crippen LogP contribution < -0.4 is 10.6 Å². The van der Waals surface area contributed by atoms with E-state index in [1.54, 1.807) is 31.3 Å². The zero-order valence-corrected chi connectivity index (χ0v) is 20.2. The third kappa shape index (κ3) is 3.45. The fraction of sp³-hybridized carbons (Fsp3) is 0.625. The highest BCUT2D eigenvalue weighted by atomic mass is 35.5. The van der Waals surface area contributed by atoms with Gasteiger partial charge in [0.25, 0.3) is 0 Å². The molecule has 3 heterocycles. The van der Waals surface area contributed by atoms with Crippen molar-refractivity contribution >= 4 is 35.0 Å². The van der Waals surface area contributed by atoms with Gasteiger partial charge in [-0.2, -0.15) is 0 Å². The third-order valence-corrected chi connectivity index (χ3v) is 8.30. The van der Waals surface area contributed by atoms with Crippen LogP contribution in [0.25, 0.3) is 0 Å². The SMILES string of the molecule is CC[C@H](C)[C@H](CO)N1C(=O)[C@@H]2[C@@H](C(=O)NC)[C@@]3(C)CCC2(O3)C1C(=O)Nc1ccccc1Cl. The second-order valence-corrected chi connectivity index (χ2v) is 10.1. The number of carbonyl (C=O) groups excluding carboxylic acids is 3. The topological polar surface area (TPSA) is 108 Å². The number of hydrogen-bond acceptors (Lipinski definition) is 5. The molecule has 3 aliphatic rings. The first-order valence-corrected chi connectivity index (χ1v) is 11.9. The number of nitrogens with one attached hydrogen (secondary N) is 2. The van der Waals surface area contributed by atoms with E-state index in [0.29, 0.717) is 30.0 Å². The van der Waals surface area contributed by atoms with Crippen LogP contribution in [0.5, 0.6) is 0 Å². The van der Waals surface area contributed by atoms with Gasteiger partial charge in [0, 0.05) is 7.05 Å². The number of nitrogens with zero attached hydrogens (tertiary/aromatic N) is 1. The lowest BCUT2D eigenvalue weighted by molar-refractivity contribution is -0.149. The molecule has 0 aliphatic carbocycles. The van der Waals surface area contributed by atoms with E-state index in [0.717, 1.165) is 0 Å². The summed E-state index contributed by atoms with van der Waals surface area (Å²) in [6.07, 6.45) is 1.75. The van der Waals surface area contributed by atoms with Crippen LogP contribution in [0.1, 0.15) is 40.0 Å². The van der Waals surface area contributed by atoms with Crippen molar-refractivity contribution in [1.29, 1.82) is 0 Å². The Hall–Kier alpha value is -2.16. The predicted molar refractivity (Wildman–Crippen MR) is 124 cm³/mol. The number of anilines is 1. The highest BCUT2D eigenvalue weighted by Crippen LogP contribution is 2.63. The van der Waals surface area contributed by atoms with Crippen LogP contribution in [-0.2, 0) is 19.1 Å². The molecule has 8 nitrogen and oxygen atoms in total. The Morgan fingerprint density at radius 3 is 2.61 bits per heavy atom. The van der Waals surface area contributed by atoms with E-state index < -0.39 is 41.0 Å². The Labute approximate surface area is 199 Å². The molecule has 3 aliphatic heterocycles. The van der Waals surface area contributed by atoms with E-state index in [-0.39, 0.29) is 24.3 Å². The van der Waals surface area contributed by atoms with E-state index in [4.69, 9.17) is 16.3 Å². The summed E-state index contributed by atoms with van der Waals surface area (Å²) in [6, 6.07) is 5.32. The van der Waals surface area contributed by atoms with Crippen LogP contribution in [0.4, 0.5) is 5.69 Å². The van der Waals surface area contributed by atoms with E-state index in [1.807, 2.05) is 20.8 Å². The van der Waals surface area contributed by atoms with E-state index in [1.165, 1.54) is 4.90 Å². The number of rotatable bonds is 7. The second kappa shape index (κ2) is 8.56. The number of para-hydroxylation sites is 1. The van der Waals surface area contributed by atoms with Crippen molar-refractivity contribution in [2.75, 3.05) is 19.0 Å². The van der Waals surface area contributed by atoms with Crippen LogP contribution in [0.3, 0.4) is 0 Å². The Morgan fingerprint density at radius 2 is 2.00 bits per heavy atom. The lowest BCUT2D eigenvalue weighted by atomic mass is 9.66. The van der Waals surface area contributed by atoms with Gasteiger partial charge < -0.3 is 25.4 Å². The first-order valence-electron chi connectivity index (χ1n) is 11.5. The molecule has 4 rings (SSSR count). The van der Waals surface area contributed by atoms with Gasteiger partial charge in [-0.1, -0.05) is 44.0 Å². The van der Waals surface area contributed by atoms with Crippen LogP contribution in [-0.4, -0.2) is 64.7 Å². The number of ether oxygens (including phenoxy) is 1. The number of likely N-dealkylation sites (tertiary alicyclic amines) is 1. The van der Waals surface area contributed by atoms with Crippen molar-refractivity contribution in [3.8, 4) is 0 Å². The smallest absolute Gasteiger partial charge is 0.250 e. The van der Waals surface area contributed by atoms with Gasteiger partial charge in [-0.3, -0.25) is 14.4 Å². The summed E-state index contributed by atoms with van der Waals surface area (Å²) < 4.78 is 6.52. The summed E-state index contributed by atoms with van der Waals surface area (Å²) in [5.41, 5.74) is -1.54. The minimum Gasteiger partial charge on any atom is -0.394 e. The minimum absolute atomic E-state index is 0.0592. The van der Waals surface area contributed by atoms with E-state index in [2.05, 4.69) is 10.6 Å². The summed E-state index contributed by atoms with van der Waals surface area (Å²) in [6.45, 7) is 5.47. The lowest BCUT2D eigenvalue weighted by Gasteiger charge is -2.39. The number of carbonyl (C=O) groups is 3. The van der Waals surface area contributed by atoms with Crippen molar-refractivity contribution < 1.29 is 24.2 Å². The maximum atomic E-state index is 13.9. The monoisotopic (exact) mass is 477 g/mol. The average molecular weight is 478 g/mol. The summed E-state index contributed by atoms with van der Waals surface area (Å²) in [7, 11) is 1.54. The number of amides is 3. The molecule has 0 saturated carbocycles. The molecular weight excluding hydrogens is 446 g/mol. The number of halogens is 1. The fourth-order valence-corrected chi connectivity index (χ4v) is 6.34. The quantitative estimate of drug-likeness (QED) is 0.558. The molecule has 2 unspecified atom stereocenters. The van der Waals surface area contributed by atoms with Crippen LogP contribution in [0.15, 0.2) is 24.3 Å². The van der Waals surface area contributed by atoms with Crippen molar-refractivity contribution in [1.82, 2.24) is 10.2 Å². The van der Waals surface area contributed by atoms with E-state index >= 15 is 0 Å². The maximum absolute atomic E-state index is 13.9. The first-order chi connectivity index (χ1) is 15.6. The summed E-state index contributed by atoms with van der Waals surface area (Å²) in [5.74, 6) is -2.57. The Bertz CT molecular complexity index is 973. The largest absolute Gasteiger partial charge is 0.394 e. The Balaban J connectivity index is 1.81. The second-order valence-electron chi connectivity index (χ2n) is 9.69. The molecule has 180 valence electrons. The molecule has 3 amide bonds. The Morgan fingerprint density at radius 1 is 1.30 bits per heavy atom. The summed E-state index contributed by atoms with van der Waals surface area (Å²) in [4.78, 5) is 42.2. The molecule has 3 saturated heterocycles. The lowest BCUT2D eigenvalue weighted by Crippen LogP contribution is -2.57. The number of fused-ring (bicyclic) bond motifs is 1. The van der Waals surface area contributed by atoms with Crippen molar-refractivity contribution in [3.63, 3.8) is 0 Å². The maximum Gasteiger partial charge on any atom is 0.250 e. The van der Waals surface area contributed by atoms with Crippen LogP contribution in [0, 0.1) is 17.8 Å². The van der Waals surface area contributed by atoms with E-state index in [9.17, 15) is 19.5 Å². The average Bonchev–Trinajstić information content (AvgIpc) is 3.36. The molecule has 9 heteroatoms. The molecule has 1 aromatic carbocycles. The van der Waals surface area contributed by atoms with Gasteiger partial charge in [-0.25, -0.2) is 0 Å². The van der Waals surface area contributed by atoms with Crippen LogP contribution in [0.2, 0.25) is 5.02 Å². The molecule has 0 aromatic heterocycles. The van der Waals surface area contributed by atoms with Gasteiger partial charge in [0.2, 0.25) is 17.7 Å².